The number of nitrogens with zero attached hydrogens (tertiary/aromatic N) is 3. The van der Waals surface area contributed by atoms with Gasteiger partial charge in [0.15, 0.2) is 0 Å². The zero-order chi connectivity index (χ0) is 20.6. The number of anilines is 1. The van der Waals surface area contributed by atoms with Crippen LogP contribution in [0.5, 0.6) is 5.75 Å². The Hall–Kier alpha value is -3.09. The Morgan fingerprint density at radius 3 is 2.66 bits per heavy atom. The minimum Gasteiger partial charge on any atom is -0.497 e. The largest absolute Gasteiger partial charge is 0.497 e. The van der Waals surface area contributed by atoms with Gasteiger partial charge >= 0.3 is 0 Å². The van der Waals surface area contributed by atoms with Gasteiger partial charge in [-0.15, -0.1) is 0 Å². The molecule has 0 saturated heterocycles. The van der Waals surface area contributed by atoms with Crippen molar-refractivity contribution in [2.24, 2.45) is 0 Å². The third-order valence-electron chi connectivity index (χ3n) is 5.83. The molecular weight excluding hydrogens is 368 g/mol. The van der Waals surface area contributed by atoms with Gasteiger partial charge in [-0.3, -0.25) is 4.79 Å². The summed E-state index contributed by atoms with van der Waals surface area (Å²) >= 11 is 0. The smallest absolute Gasteiger partial charge is 0.255 e. The summed E-state index contributed by atoms with van der Waals surface area (Å²) in [6.07, 6.45) is 4.44. The summed E-state index contributed by atoms with van der Waals surface area (Å²) in [4.78, 5) is 23.9. The molecule has 1 saturated carbocycles. The lowest BCUT2D eigenvalue weighted by atomic mass is 10.1. The van der Waals surface area contributed by atoms with E-state index in [-0.39, 0.29) is 11.4 Å². The van der Waals surface area contributed by atoms with Gasteiger partial charge in [-0.25, -0.2) is 9.97 Å². The molecule has 2 aromatic heterocycles. The first-order valence-electron chi connectivity index (χ1n) is 9.82. The number of aromatic nitrogens is 2. The van der Waals surface area contributed by atoms with Crippen molar-refractivity contribution < 1.29 is 13.9 Å². The molecule has 7 nitrogen and oxygen atoms in total. The molecule has 0 unspecified atom stereocenters. The quantitative estimate of drug-likeness (QED) is 0.661. The van der Waals surface area contributed by atoms with E-state index in [1.807, 2.05) is 31.3 Å². The van der Waals surface area contributed by atoms with Gasteiger partial charge in [-0.1, -0.05) is 12.1 Å². The number of hydrogen-bond donors (Lipinski definition) is 1. The van der Waals surface area contributed by atoms with Crippen molar-refractivity contribution in [3.8, 4) is 5.75 Å². The Morgan fingerprint density at radius 2 is 2.00 bits per heavy atom. The van der Waals surface area contributed by atoms with Crippen molar-refractivity contribution in [2.45, 2.75) is 38.6 Å². The summed E-state index contributed by atoms with van der Waals surface area (Å²) in [6, 6.07) is 7.84. The standard InChI is InChI=1S/C22H26N4O3/c1-14-17(20(27)23-12-9-15-5-7-16(28-4)8-6-15)18-19(24-13-25-21(18)29-14)26(3)22(2)10-11-22/h5-8,13H,9-12H2,1-4H3,(H,23,27). The van der Waals surface area contributed by atoms with Gasteiger partial charge in [0.1, 0.15) is 23.7 Å². The Balaban J connectivity index is 1.54. The normalized spacial score (nSPS) is 14.6. The van der Waals surface area contributed by atoms with Crippen molar-refractivity contribution in [1.82, 2.24) is 15.3 Å². The van der Waals surface area contributed by atoms with E-state index in [0.29, 0.717) is 29.0 Å². The molecule has 29 heavy (non-hydrogen) atoms. The van der Waals surface area contributed by atoms with Crippen LogP contribution in [0.2, 0.25) is 0 Å². The molecule has 0 aliphatic heterocycles. The average molecular weight is 394 g/mol. The van der Waals surface area contributed by atoms with E-state index in [4.69, 9.17) is 9.15 Å². The van der Waals surface area contributed by atoms with Crippen LogP contribution in [0, 0.1) is 6.92 Å². The SMILES string of the molecule is COc1ccc(CCNC(=O)c2c(C)oc3ncnc(N(C)C4(C)CC4)c23)cc1. The zero-order valence-corrected chi connectivity index (χ0v) is 17.3. The Labute approximate surface area is 170 Å². The number of nitrogens with one attached hydrogen (secondary N) is 1. The first kappa shape index (κ1) is 19.2. The summed E-state index contributed by atoms with van der Waals surface area (Å²) in [6.45, 7) is 4.51. The minimum atomic E-state index is -0.167. The second-order valence-corrected chi connectivity index (χ2v) is 7.82. The Bertz CT molecular complexity index is 1040. The highest BCUT2D eigenvalue weighted by molar-refractivity contribution is 6.10. The number of carbonyl (C=O) groups excluding carboxylic acids is 1. The lowest BCUT2D eigenvalue weighted by Crippen LogP contribution is -2.32. The topological polar surface area (TPSA) is 80.5 Å². The van der Waals surface area contributed by atoms with E-state index in [1.54, 1.807) is 14.0 Å². The summed E-state index contributed by atoms with van der Waals surface area (Å²) < 4.78 is 11.0. The second kappa shape index (κ2) is 7.39. The number of rotatable bonds is 7. The van der Waals surface area contributed by atoms with Crippen LogP contribution in [0.15, 0.2) is 35.0 Å². The van der Waals surface area contributed by atoms with Gasteiger partial charge in [0.05, 0.1) is 18.1 Å². The zero-order valence-electron chi connectivity index (χ0n) is 17.3. The van der Waals surface area contributed by atoms with E-state index < -0.39 is 0 Å². The Morgan fingerprint density at radius 1 is 1.28 bits per heavy atom. The molecule has 1 N–H and O–H groups in total. The maximum Gasteiger partial charge on any atom is 0.255 e. The molecule has 0 atom stereocenters. The van der Waals surface area contributed by atoms with Crippen molar-refractivity contribution in [3.05, 3.63) is 47.5 Å². The average Bonchev–Trinajstić information content (AvgIpc) is 3.38. The van der Waals surface area contributed by atoms with E-state index >= 15 is 0 Å². The number of amides is 1. The highest BCUT2D eigenvalue weighted by atomic mass is 16.5. The number of benzene rings is 1. The maximum atomic E-state index is 13.0. The number of methoxy groups -OCH3 is 1. The predicted molar refractivity (Wildman–Crippen MR) is 112 cm³/mol. The van der Waals surface area contributed by atoms with E-state index in [1.165, 1.54) is 6.33 Å². The number of aryl methyl sites for hydroxylation is 1. The van der Waals surface area contributed by atoms with Gasteiger partial charge in [0, 0.05) is 19.1 Å². The van der Waals surface area contributed by atoms with Crippen LogP contribution in [0.1, 0.15) is 41.4 Å². The molecule has 2 heterocycles. The van der Waals surface area contributed by atoms with Crippen LogP contribution < -0.4 is 15.0 Å². The first-order chi connectivity index (χ1) is 13.9. The maximum absolute atomic E-state index is 13.0. The fourth-order valence-electron chi connectivity index (χ4n) is 3.53. The fraction of sp³-hybridized carbons (Fsp3) is 0.409. The lowest BCUT2D eigenvalue weighted by molar-refractivity contribution is 0.0954. The molecule has 1 aromatic carbocycles. The van der Waals surface area contributed by atoms with E-state index in [2.05, 4.69) is 27.1 Å². The van der Waals surface area contributed by atoms with E-state index in [0.717, 1.165) is 36.4 Å². The van der Waals surface area contributed by atoms with Gasteiger partial charge in [-0.2, -0.15) is 0 Å². The molecule has 1 amide bonds. The van der Waals surface area contributed by atoms with Crippen LogP contribution >= 0.6 is 0 Å². The third kappa shape index (κ3) is 3.64. The van der Waals surface area contributed by atoms with Gasteiger partial charge in [-0.05, 0) is 50.8 Å². The van der Waals surface area contributed by atoms with Crippen molar-refractivity contribution in [2.75, 3.05) is 25.6 Å². The first-order valence-corrected chi connectivity index (χ1v) is 9.82. The minimum absolute atomic E-state index is 0.0779. The monoisotopic (exact) mass is 394 g/mol. The number of furan rings is 1. The van der Waals surface area contributed by atoms with Crippen LogP contribution in [-0.4, -0.2) is 42.1 Å². The molecule has 1 fully saturated rings. The van der Waals surface area contributed by atoms with Gasteiger partial charge < -0.3 is 19.4 Å². The lowest BCUT2D eigenvalue weighted by Gasteiger charge is -2.26. The molecular formula is C22H26N4O3. The molecule has 1 aliphatic rings. The van der Waals surface area contributed by atoms with Crippen molar-refractivity contribution in [3.63, 3.8) is 0 Å². The molecule has 3 aromatic rings. The van der Waals surface area contributed by atoms with Crippen LogP contribution in [0.4, 0.5) is 5.82 Å². The molecule has 4 rings (SSSR count). The summed E-state index contributed by atoms with van der Waals surface area (Å²) in [5.41, 5.74) is 2.17. The van der Waals surface area contributed by atoms with Crippen LogP contribution in [-0.2, 0) is 6.42 Å². The number of carbonyl (C=O) groups is 1. The van der Waals surface area contributed by atoms with Crippen LogP contribution in [0.25, 0.3) is 11.1 Å². The Kier molecular flexibility index (Phi) is 4.90. The highest BCUT2D eigenvalue weighted by Crippen LogP contribution is 2.44. The van der Waals surface area contributed by atoms with Gasteiger partial charge in [0.2, 0.25) is 5.71 Å². The second-order valence-electron chi connectivity index (χ2n) is 7.82. The van der Waals surface area contributed by atoms with Gasteiger partial charge in [0.25, 0.3) is 5.91 Å². The predicted octanol–water partition coefficient (Wildman–Crippen LogP) is 3.50. The summed E-state index contributed by atoms with van der Waals surface area (Å²) in [7, 11) is 3.66. The highest BCUT2D eigenvalue weighted by Gasteiger charge is 2.43. The van der Waals surface area contributed by atoms with Crippen LogP contribution in [0.3, 0.4) is 0 Å². The number of fused-ring (bicyclic) bond motifs is 1. The van der Waals surface area contributed by atoms with E-state index in [9.17, 15) is 4.79 Å². The van der Waals surface area contributed by atoms with Crippen molar-refractivity contribution in [1.29, 1.82) is 0 Å². The molecule has 0 spiro atoms. The third-order valence-corrected chi connectivity index (χ3v) is 5.83. The fourth-order valence-corrected chi connectivity index (χ4v) is 3.53. The summed E-state index contributed by atoms with van der Waals surface area (Å²) in [5.74, 6) is 1.95. The molecule has 0 bridgehead atoms. The number of ether oxygens (including phenoxy) is 1. The molecule has 1 aliphatic carbocycles. The molecule has 152 valence electrons. The number of hydrogen-bond acceptors (Lipinski definition) is 6. The summed E-state index contributed by atoms with van der Waals surface area (Å²) in [5, 5.41) is 3.69. The van der Waals surface area contributed by atoms with Crippen molar-refractivity contribution >= 4 is 22.8 Å². The molecule has 0 radical (unpaired) electrons. The molecule has 7 heteroatoms.